The van der Waals surface area contributed by atoms with Crippen molar-refractivity contribution in [3.05, 3.63) is 59.1 Å². The smallest absolute Gasteiger partial charge is 0.229 e. The van der Waals surface area contributed by atoms with E-state index in [4.69, 9.17) is 11.6 Å². The molecule has 0 radical (unpaired) electrons. The van der Waals surface area contributed by atoms with Crippen molar-refractivity contribution in [3.8, 4) is 0 Å². The quantitative estimate of drug-likeness (QED) is 0.852. The molecule has 1 aliphatic rings. The van der Waals surface area contributed by atoms with Gasteiger partial charge in [0.15, 0.2) is 5.78 Å². The molecule has 6 heteroatoms. The summed E-state index contributed by atoms with van der Waals surface area (Å²) >= 11 is 6.15. The van der Waals surface area contributed by atoms with E-state index in [1.54, 1.807) is 53.4 Å². The number of nitrogens with zero attached hydrogens (tertiary/aromatic N) is 1. The van der Waals surface area contributed by atoms with Crippen LogP contribution in [0.5, 0.6) is 0 Å². The minimum atomic E-state index is -0.448. The number of nitrogens with one attached hydrogen (secondary N) is 1. The molecule has 2 aromatic carbocycles. The highest BCUT2D eigenvalue weighted by Gasteiger charge is 2.35. The first kappa shape index (κ1) is 17.2. The molecule has 1 unspecified atom stereocenters. The predicted molar refractivity (Wildman–Crippen MR) is 97.0 cm³/mol. The SMILES string of the molecule is CC(=O)c1ccc(NC(=O)C2CC(=O)N(c3ccccc3Cl)C2)cc1. The van der Waals surface area contributed by atoms with Gasteiger partial charge in [0.2, 0.25) is 11.8 Å². The summed E-state index contributed by atoms with van der Waals surface area (Å²) in [5.41, 5.74) is 1.80. The fourth-order valence-corrected chi connectivity index (χ4v) is 3.06. The highest BCUT2D eigenvalue weighted by atomic mass is 35.5. The van der Waals surface area contributed by atoms with E-state index in [-0.39, 0.29) is 24.0 Å². The number of carbonyl (C=O) groups is 3. The van der Waals surface area contributed by atoms with Crippen LogP contribution in [0.15, 0.2) is 48.5 Å². The van der Waals surface area contributed by atoms with E-state index in [0.29, 0.717) is 28.5 Å². The molecule has 0 aromatic heterocycles. The summed E-state index contributed by atoms with van der Waals surface area (Å²) in [6.45, 7) is 1.78. The van der Waals surface area contributed by atoms with Gasteiger partial charge in [-0.05, 0) is 43.3 Å². The number of hydrogen-bond acceptors (Lipinski definition) is 3. The summed E-state index contributed by atoms with van der Waals surface area (Å²) in [6, 6.07) is 13.8. The maximum Gasteiger partial charge on any atom is 0.229 e. The van der Waals surface area contributed by atoms with Crippen molar-refractivity contribution in [1.29, 1.82) is 0 Å². The van der Waals surface area contributed by atoms with E-state index in [1.807, 2.05) is 0 Å². The predicted octanol–water partition coefficient (Wildman–Crippen LogP) is 3.53. The average Bonchev–Trinajstić information content (AvgIpc) is 2.97. The van der Waals surface area contributed by atoms with Crippen molar-refractivity contribution < 1.29 is 14.4 Å². The van der Waals surface area contributed by atoms with Crippen molar-refractivity contribution in [2.24, 2.45) is 5.92 Å². The molecule has 0 aliphatic carbocycles. The van der Waals surface area contributed by atoms with Crippen molar-refractivity contribution in [1.82, 2.24) is 0 Å². The van der Waals surface area contributed by atoms with Gasteiger partial charge in [0.1, 0.15) is 0 Å². The molecule has 1 heterocycles. The summed E-state index contributed by atoms with van der Waals surface area (Å²) < 4.78 is 0. The lowest BCUT2D eigenvalue weighted by atomic mass is 10.1. The number of halogens is 1. The molecule has 128 valence electrons. The molecule has 5 nitrogen and oxygen atoms in total. The topological polar surface area (TPSA) is 66.5 Å². The molecular formula is C19H17ClN2O3. The van der Waals surface area contributed by atoms with Crippen LogP contribution in [0.3, 0.4) is 0 Å². The maximum atomic E-state index is 12.5. The minimum absolute atomic E-state index is 0.0327. The Kier molecular flexibility index (Phi) is 4.86. The number of Topliss-reactive ketones (excluding diaryl/α,β-unsaturated/α-hetero) is 1. The fourth-order valence-electron chi connectivity index (χ4n) is 2.82. The summed E-state index contributed by atoms with van der Waals surface area (Å²) in [5, 5.41) is 3.28. The summed E-state index contributed by atoms with van der Waals surface area (Å²) in [5.74, 6) is -0.829. The number of benzene rings is 2. The van der Waals surface area contributed by atoms with Crippen LogP contribution in [-0.4, -0.2) is 24.1 Å². The van der Waals surface area contributed by atoms with E-state index in [2.05, 4.69) is 5.32 Å². The van der Waals surface area contributed by atoms with Crippen molar-refractivity contribution in [3.63, 3.8) is 0 Å². The third-order valence-corrected chi connectivity index (χ3v) is 4.52. The van der Waals surface area contributed by atoms with E-state index in [1.165, 1.54) is 6.92 Å². The van der Waals surface area contributed by atoms with Gasteiger partial charge in [-0.1, -0.05) is 23.7 Å². The van der Waals surface area contributed by atoms with E-state index < -0.39 is 5.92 Å². The lowest BCUT2D eigenvalue weighted by Crippen LogP contribution is -2.28. The minimum Gasteiger partial charge on any atom is -0.326 e. The van der Waals surface area contributed by atoms with Crippen LogP contribution >= 0.6 is 11.6 Å². The Balaban J connectivity index is 1.68. The molecule has 1 aliphatic heterocycles. The Hall–Kier alpha value is -2.66. The van der Waals surface area contributed by atoms with Crippen LogP contribution < -0.4 is 10.2 Å². The number of hydrogen-bond donors (Lipinski definition) is 1. The summed E-state index contributed by atoms with van der Waals surface area (Å²) in [6.07, 6.45) is 0.141. The molecule has 0 spiro atoms. The average molecular weight is 357 g/mol. The Bertz CT molecular complexity index is 833. The molecule has 1 atom stereocenters. The summed E-state index contributed by atoms with van der Waals surface area (Å²) in [7, 11) is 0. The van der Waals surface area contributed by atoms with Crippen LogP contribution in [0.2, 0.25) is 5.02 Å². The molecule has 3 rings (SSSR count). The van der Waals surface area contributed by atoms with Gasteiger partial charge >= 0.3 is 0 Å². The van der Waals surface area contributed by atoms with Crippen LogP contribution in [-0.2, 0) is 9.59 Å². The Morgan fingerprint density at radius 1 is 1.12 bits per heavy atom. The monoisotopic (exact) mass is 356 g/mol. The van der Waals surface area contributed by atoms with Crippen LogP contribution in [0.4, 0.5) is 11.4 Å². The van der Waals surface area contributed by atoms with Crippen LogP contribution in [0.1, 0.15) is 23.7 Å². The van der Waals surface area contributed by atoms with Crippen molar-refractivity contribution in [2.75, 3.05) is 16.8 Å². The van der Waals surface area contributed by atoms with Gasteiger partial charge in [0, 0.05) is 24.2 Å². The Morgan fingerprint density at radius 2 is 1.80 bits per heavy atom. The number of ketones is 1. The number of anilines is 2. The lowest BCUT2D eigenvalue weighted by molar-refractivity contribution is -0.122. The first-order valence-electron chi connectivity index (χ1n) is 7.92. The highest BCUT2D eigenvalue weighted by molar-refractivity contribution is 6.33. The largest absolute Gasteiger partial charge is 0.326 e. The second kappa shape index (κ2) is 7.07. The van der Waals surface area contributed by atoms with Gasteiger partial charge in [0.05, 0.1) is 16.6 Å². The van der Waals surface area contributed by atoms with Gasteiger partial charge in [0.25, 0.3) is 0 Å². The van der Waals surface area contributed by atoms with Gasteiger partial charge in [-0.15, -0.1) is 0 Å². The molecule has 25 heavy (non-hydrogen) atoms. The molecule has 1 saturated heterocycles. The molecule has 1 fully saturated rings. The first-order chi connectivity index (χ1) is 12.0. The lowest BCUT2D eigenvalue weighted by Gasteiger charge is -2.18. The third-order valence-electron chi connectivity index (χ3n) is 4.20. The number of para-hydroxylation sites is 1. The standard InChI is InChI=1S/C19H17ClN2O3/c1-12(23)13-6-8-15(9-7-13)21-19(25)14-10-18(24)22(11-14)17-5-3-2-4-16(17)20/h2-9,14H,10-11H2,1H3,(H,21,25). The molecule has 2 amide bonds. The molecular weight excluding hydrogens is 340 g/mol. The van der Waals surface area contributed by atoms with Crippen LogP contribution in [0.25, 0.3) is 0 Å². The van der Waals surface area contributed by atoms with E-state index in [9.17, 15) is 14.4 Å². The normalized spacial score (nSPS) is 16.8. The second-order valence-electron chi connectivity index (χ2n) is 5.98. The zero-order chi connectivity index (χ0) is 18.0. The zero-order valence-electron chi connectivity index (χ0n) is 13.7. The van der Waals surface area contributed by atoms with Crippen molar-refractivity contribution >= 4 is 40.6 Å². The number of rotatable bonds is 4. The Morgan fingerprint density at radius 3 is 2.44 bits per heavy atom. The van der Waals surface area contributed by atoms with Crippen molar-refractivity contribution in [2.45, 2.75) is 13.3 Å². The molecule has 1 N–H and O–H groups in total. The van der Waals surface area contributed by atoms with E-state index >= 15 is 0 Å². The second-order valence-corrected chi connectivity index (χ2v) is 6.39. The maximum absolute atomic E-state index is 12.5. The van der Waals surface area contributed by atoms with Gasteiger partial charge in [-0.3, -0.25) is 14.4 Å². The number of amides is 2. The third kappa shape index (κ3) is 3.72. The van der Waals surface area contributed by atoms with Gasteiger partial charge in [-0.2, -0.15) is 0 Å². The summed E-state index contributed by atoms with van der Waals surface area (Å²) in [4.78, 5) is 37.5. The molecule has 0 saturated carbocycles. The fraction of sp³-hybridized carbons (Fsp3) is 0.211. The first-order valence-corrected chi connectivity index (χ1v) is 8.30. The molecule has 2 aromatic rings. The van der Waals surface area contributed by atoms with Crippen LogP contribution in [0, 0.1) is 5.92 Å². The highest BCUT2D eigenvalue weighted by Crippen LogP contribution is 2.31. The van der Waals surface area contributed by atoms with Gasteiger partial charge < -0.3 is 10.2 Å². The Labute approximate surface area is 150 Å². The van der Waals surface area contributed by atoms with E-state index in [0.717, 1.165) is 0 Å². The zero-order valence-corrected chi connectivity index (χ0v) is 14.4. The number of carbonyl (C=O) groups excluding carboxylic acids is 3. The van der Waals surface area contributed by atoms with Gasteiger partial charge in [-0.25, -0.2) is 0 Å². The molecule has 0 bridgehead atoms.